The maximum absolute atomic E-state index is 13.4. The van der Waals surface area contributed by atoms with Gasteiger partial charge in [-0.2, -0.15) is 8.78 Å². The van der Waals surface area contributed by atoms with Gasteiger partial charge in [0.25, 0.3) is 0 Å². The Morgan fingerprint density at radius 2 is 1.82 bits per heavy atom. The van der Waals surface area contributed by atoms with Crippen LogP contribution < -0.4 is 10.1 Å². The van der Waals surface area contributed by atoms with Crippen LogP contribution >= 0.6 is 0 Å². The molecule has 0 saturated heterocycles. The van der Waals surface area contributed by atoms with Crippen LogP contribution in [-0.4, -0.2) is 12.7 Å². The molecule has 17 heavy (non-hydrogen) atoms. The van der Waals surface area contributed by atoms with Crippen molar-refractivity contribution >= 4 is 5.69 Å². The molecule has 0 radical (unpaired) electrons. The maximum Gasteiger partial charge on any atom is 0.387 e. The van der Waals surface area contributed by atoms with Crippen LogP contribution in [0.1, 0.15) is 20.8 Å². The van der Waals surface area contributed by atoms with Crippen LogP contribution in [0.25, 0.3) is 0 Å². The highest BCUT2D eigenvalue weighted by Crippen LogP contribution is 2.23. The van der Waals surface area contributed by atoms with E-state index in [0.717, 1.165) is 6.07 Å². The number of rotatable bonds is 5. The molecule has 0 aliphatic rings. The number of hydrogen-bond acceptors (Lipinski definition) is 2. The minimum atomic E-state index is -3.02. The van der Waals surface area contributed by atoms with Gasteiger partial charge in [0.2, 0.25) is 0 Å². The summed E-state index contributed by atoms with van der Waals surface area (Å²) in [6, 6.07) is 4.02. The molecule has 0 fully saturated rings. The van der Waals surface area contributed by atoms with Gasteiger partial charge in [-0.1, -0.05) is 13.8 Å². The molecule has 0 heterocycles. The van der Waals surface area contributed by atoms with Crippen LogP contribution in [0.3, 0.4) is 0 Å². The Hall–Kier alpha value is -1.39. The molecule has 1 atom stereocenters. The van der Waals surface area contributed by atoms with Crippen molar-refractivity contribution in [1.29, 1.82) is 0 Å². The number of alkyl halides is 2. The van der Waals surface area contributed by atoms with E-state index in [1.54, 1.807) is 0 Å². The lowest BCUT2D eigenvalue weighted by atomic mass is 10.1. The quantitative estimate of drug-likeness (QED) is 0.852. The largest absolute Gasteiger partial charge is 0.432 e. The average Bonchev–Trinajstić information content (AvgIpc) is 2.21. The molecule has 0 aliphatic heterocycles. The molecule has 0 amide bonds. The van der Waals surface area contributed by atoms with E-state index in [9.17, 15) is 13.2 Å². The summed E-state index contributed by atoms with van der Waals surface area (Å²) in [7, 11) is 0. The molecule has 1 aromatic rings. The van der Waals surface area contributed by atoms with Crippen molar-refractivity contribution in [2.24, 2.45) is 5.92 Å². The van der Waals surface area contributed by atoms with E-state index in [4.69, 9.17) is 0 Å². The molecular formula is C12H16F3NO. The van der Waals surface area contributed by atoms with Crippen LogP contribution in [0.15, 0.2) is 18.2 Å². The number of nitrogens with one attached hydrogen (secondary N) is 1. The number of hydrogen-bond donors (Lipinski definition) is 1. The summed E-state index contributed by atoms with van der Waals surface area (Å²) in [6.45, 7) is 3.01. The van der Waals surface area contributed by atoms with Crippen molar-refractivity contribution in [2.75, 3.05) is 5.32 Å². The molecule has 1 unspecified atom stereocenters. The van der Waals surface area contributed by atoms with E-state index in [0.29, 0.717) is 11.6 Å². The van der Waals surface area contributed by atoms with Crippen molar-refractivity contribution < 1.29 is 17.9 Å². The second-order valence-electron chi connectivity index (χ2n) is 4.20. The Morgan fingerprint density at radius 3 is 2.29 bits per heavy atom. The Labute approximate surface area is 98.8 Å². The highest BCUT2D eigenvalue weighted by molar-refractivity contribution is 5.47. The minimum Gasteiger partial charge on any atom is -0.432 e. The molecule has 2 nitrogen and oxygen atoms in total. The highest BCUT2D eigenvalue weighted by atomic mass is 19.3. The van der Waals surface area contributed by atoms with Gasteiger partial charge in [0.15, 0.2) is 11.6 Å². The van der Waals surface area contributed by atoms with Crippen molar-refractivity contribution in [1.82, 2.24) is 0 Å². The molecule has 1 rings (SSSR count). The molecule has 0 bridgehead atoms. The lowest BCUT2D eigenvalue weighted by Gasteiger charge is -2.19. The summed E-state index contributed by atoms with van der Waals surface area (Å²) in [4.78, 5) is 0. The highest BCUT2D eigenvalue weighted by Gasteiger charge is 2.12. The predicted molar refractivity (Wildman–Crippen MR) is 61.0 cm³/mol. The van der Waals surface area contributed by atoms with Crippen molar-refractivity contribution in [2.45, 2.75) is 33.4 Å². The van der Waals surface area contributed by atoms with Gasteiger partial charge >= 0.3 is 6.61 Å². The third-order valence-corrected chi connectivity index (χ3v) is 2.54. The zero-order valence-corrected chi connectivity index (χ0v) is 10.0. The number of halogens is 3. The van der Waals surface area contributed by atoms with Gasteiger partial charge < -0.3 is 10.1 Å². The molecule has 0 spiro atoms. The zero-order valence-electron chi connectivity index (χ0n) is 10.0. The summed E-state index contributed by atoms with van der Waals surface area (Å²) in [5, 5.41) is 3.08. The number of ether oxygens (including phenoxy) is 1. The maximum atomic E-state index is 13.4. The first-order valence-electron chi connectivity index (χ1n) is 5.41. The monoisotopic (exact) mass is 247 g/mol. The molecular weight excluding hydrogens is 231 g/mol. The first kappa shape index (κ1) is 13.7. The minimum absolute atomic E-state index is 0.163. The molecule has 5 heteroatoms. The van der Waals surface area contributed by atoms with E-state index in [-0.39, 0.29) is 6.04 Å². The van der Waals surface area contributed by atoms with E-state index in [2.05, 4.69) is 10.1 Å². The van der Waals surface area contributed by atoms with Gasteiger partial charge in [0, 0.05) is 17.8 Å². The van der Waals surface area contributed by atoms with Gasteiger partial charge in [-0.3, -0.25) is 0 Å². The standard InChI is InChI=1S/C12H16F3NO/c1-7(2)8(3)16-9-4-5-11(10(13)6-9)17-12(14)15/h4-8,12,16H,1-3H3. The lowest BCUT2D eigenvalue weighted by Crippen LogP contribution is -2.21. The molecule has 0 aliphatic carbocycles. The van der Waals surface area contributed by atoms with Gasteiger partial charge in [-0.15, -0.1) is 0 Å². The first-order chi connectivity index (χ1) is 7.90. The molecule has 0 saturated carbocycles. The van der Waals surface area contributed by atoms with Crippen molar-refractivity contribution in [3.63, 3.8) is 0 Å². The molecule has 0 aromatic heterocycles. The van der Waals surface area contributed by atoms with E-state index >= 15 is 0 Å². The van der Waals surface area contributed by atoms with E-state index < -0.39 is 18.2 Å². The third-order valence-electron chi connectivity index (χ3n) is 2.54. The topological polar surface area (TPSA) is 21.3 Å². The Balaban J connectivity index is 2.75. The van der Waals surface area contributed by atoms with Crippen molar-refractivity contribution in [3.8, 4) is 5.75 Å². The fourth-order valence-electron chi connectivity index (χ4n) is 1.21. The fraction of sp³-hybridized carbons (Fsp3) is 0.500. The normalized spacial score (nSPS) is 12.9. The lowest BCUT2D eigenvalue weighted by molar-refractivity contribution is -0.0521. The second kappa shape index (κ2) is 5.80. The summed E-state index contributed by atoms with van der Waals surface area (Å²) in [6.07, 6.45) is 0. The summed E-state index contributed by atoms with van der Waals surface area (Å²) < 4.78 is 41.2. The Morgan fingerprint density at radius 1 is 1.18 bits per heavy atom. The van der Waals surface area contributed by atoms with E-state index in [1.807, 2.05) is 20.8 Å². The third kappa shape index (κ3) is 4.17. The zero-order chi connectivity index (χ0) is 13.0. The Bertz CT molecular complexity index is 369. The van der Waals surface area contributed by atoms with Gasteiger partial charge in [0.1, 0.15) is 0 Å². The smallest absolute Gasteiger partial charge is 0.387 e. The second-order valence-corrected chi connectivity index (χ2v) is 4.20. The molecule has 1 aromatic carbocycles. The number of benzene rings is 1. The van der Waals surface area contributed by atoms with Crippen LogP contribution in [0.5, 0.6) is 5.75 Å². The van der Waals surface area contributed by atoms with Crippen LogP contribution in [0.2, 0.25) is 0 Å². The number of anilines is 1. The fourth-order valence-corrected chi connectivity index (χ4v) is 1.21. The van der Waals surface area contributed by atoms with E-state index in [1.165, 1.54) is 12.1 Å². The first-order valence-corrected chi connectivity index (χ1v) is 5.41. The molecule has 1 N–H and O–H groups in total. The summed E-state index contributed by atoms with van der Waals surface area (Å²) in [5.74, 6) is -0.857. The Kier molecular flexibility index (Phi) is 4.66. The summed E-state index contributed by atoms with van der Waals surface area (Å²) in [5.41, 5.74) is 0.547. The van der Waals surface area contributed by atoms with Gasteiger partial charge in [-0.05, 0) is 25.0 Å². The van der Waals surface area contributed by atoms with Crippen LogP contribution in [-0.2, 0) is 0 Å². The predicted octanol–water partition coefficient (Wildman–Crippen LogP) is 3.88. The van der Waals surface area contributed by atoms with Crippen molar-refractivity contribution in [3.05, 3.63) is 24.0 Å². The van der Waals surface area contributed by atoms with Crippen LogP contribution in [0.4, 0.5) is 18.9 Å². The van der Waals surface area contributed by atoms with Gasteiger partial charge in [0.05, 0.1) is 0 Å². The average molecular weight is 247 g/mol. The SMILES string of the molecule is CC(C)C(C)Nc1ccc(OC(F)F)c(F)c1. The summed E-state index contributed by atoms with van der Waals surface area (Å²) >= 11 is 0. The van der Waals surface area contributed by atoms with Gasteiger partial charge in [-0.25, -0.2) is 4.39 Å². The molecule has 96 valence electrons. The van der Waals surface area contributed by atoms with Crippen LogP contribution in [0, 0.1) is 11.7 Å².